The molecule has 3 heterocycles. The SMILES string of the molecule is Cc1nc(-c2ccc(N3CCCC3)cc2)nc(C)c1C(=O)C[C@@H](CCN)C(=O)N(C)[C@@H]1C(=O)C[C@@H](C)C(=O)N[C@H](C(=O)CCC#N)Cc2ccc(OCCN)c(c2)-c2cc1ccc2OCCN. The van der Waals surface area contributed by atoms with Crippen LogP contribution in [0.2, 0.25) is 0 Å². The van der Waals surface area contributed by atoms with E-state index in [1.165, 1.54) is 24.8 Å². The van der Waals surface area contributed by atoms with Gasteiger partial charge in [0.1, 0.15) is 30.8 Å². The number of rotatable bonds is 18. The van der Waals surface area contributed by atoms with Gasteiger partial charge < -0.3 is 41.8 Å². The van der Waals surface area contributed by atoms with Crippen LogP contribution in [0.3, 0.4) is 0 Å². The summed E-state index contributed by atoms with van der Waals surface area (Å²) in [6, 6.07) is 18.4. The number of nitrogens with two attached hydrogens (primary N) is 3. The molecule has 0 saturated carbocycles. The van der Waals surface area contributed by atoms with Crippen molar-refractivity contribution < 1.29 is 33.4 Å². The van der Waals surface area contributed by atoms with Crippen LogP contribution >= 0.6 is 0 Å². The number of amides is 2. The first-order valence-corrected chi connectivity index (χ1v) is 23.1. The molecule has 4 atom stereocenters. The van der Waals surface area contributed by atoms with Crippen LogP contribution < -0.4 is 36.9 Å². The molecule has 0 unspecified atom stereocenters. The molecule has 1 saturated heterocycles. The molecule has 16 heteroatoms. The van der Waals surface area contributed by atoms with Gasteiger partial charge in [-0.25, -0.2) is 9.97 Å². The number of ether oxygens (including phenoxy) is 2. The fourth-order valence-electron chi connectivity index (χ4n) is 9.01. The van der Waals surface area contributed by atoms with Crippen molar-refractivity contribution in [3.05, 3.63) is 88.7 Å². The van der Waals surface area contributed by atoms with E-state index in [1.807, 2.05) is 24.3 Å². The predicted molar refractivity (Wildman–Crippen MR) is 255 cm³/mol. The zero-order chi connectivity index (χ0) is 48.2. The number of fused-ring (bicyclic) bond motifs is 5. The largest absolute Gasteiger partial charge is 0.492 e. The third-order valence-electron chi connectivity index (χ3n) is 12.5. The molecule has 16 nitrogen and oxygen atoms in total. The van der Waals surface area contributed by atoms with Crippen LogP contribution in [0.4, 0.5) is 5.69 Å². The van der Waals surface area contributed by atoms with Crippen LogP contribution in [0, 0.1) is 37.0 Å². The van der Waals surface area contributed by atoms with Gasteiger partial charge in [-0.2, -0.15) is 5.26 Å². The van der Waals surface area contributed by atoms with E-state index in [9.17, 15) is 29.2 Å². The van der Waals surface area contributed by atoms with Crippen LogP contribution in [0.25, 0.3) is 22.5 Å². The van der Waals surface area contributed by atoms with Gasteiger partial charge in [-0.3, -0.25) is 24.0 Å². The molecule has 3 aromatic carbocycles. The van der Waals surface area contributed by atoms with Gasteiger partial charge in [0.2, 0.25) is 11.8 Å². The average Bonchev–Trinajstić information content (AvgIpc) is 3.87. The van der Waals surface area contributed by atoms with Gasteiger partial charge in [-0.05, 0) is 106 Å². The minimum atomic E-state index is -1.24. The highest BCUT2D eigenvalue weighted by molar-refractivity contribution is 6.01. The number of aromatic nitrogens is 2. The molecule has 67 heavy (non-hydrogen) atoms. The first-order valence-electron chi connectivity index (χ1n) is 23.1. The number of nitrogens with one attached hydrogen (secondary N) is 1. The Labute approximate surface area is 392 Å². The molecule has 4 bridgehead atoms. The first-order chi connectivity index (χ1) is 32.3. The maximum atomic E-state index is 14.8. The highest BCUT2D eigenvalue weighted by atomic mass is 16.5. The first kappa shape index (κ1) is 49.9. The lowest BCUT2D eigenvalue weighted by atomic mass is 9.88. The number of ketones is 3. The van der Waals surface area contributed by atoms with Gasteiger partial charge in [-0.1, -0.05) is 19.1 Å². The molecule has 2 amide bonds. The van der Waals surface area contributed by atoms with E-state index in [0.29, 0.717) is 56.5 Å². The zero-order valence-corrected chi connectivity index (χ0v) is 39.0. The molecule has 1 aromatic heterocycles. The number of anilines is 1. The lowest BCUT2D eigenvalue weighted by molar-refractivity contribution is -0.142. The number of hydrogen-bond acceptors (Lipinski definition) is 14. The molecule has 2 aliphatic heterocycles. The van der Waals surface area contributed by atoms with Crippen molar-refractivity contribution in [2.75, 3.05) is 57.9 Å². The second-order valence-electron chi connectivity index (χ2n) is 17.4. The quantitative estimate of drug-likeness (QED) is 0.0965. The van der Waals surface area contributed by atoms with Crippen molar-refractivity contribution in [1.29, 1.82) is 5.26 Å². The summed E-state index contributed by atoms with van der Waals surface area (Å²) in [5.74, 6) is -2.65. The lowest BCUT2D eigenvalue weighted by Gasteiger charge is -2.32. The summed E-state index contributed by atoms with van der Waals surface area (Å²) in [6.07, 6.45) is 1.96. The predicted octanol–water partition coefficient (Wildman–Crippen LogP) is 4.95. The summed E-state index contributed by atoms with van der Waals surface area (Å²) in [4.78, 5) is 84.4. The maximum Gasteiger partial charge on any atom is 0.226 e. The van der Waals surface area contributed by atoms with Crippen LogP contribution in [-0.4, -0.2) is 103 Å². The van der Waals surface area contributed by atoms with Gasteiger partial charge >= 0.3 is 0 Å². The summed E-state index contributed by atoms with van der Waals surface area (Å²) in [6.45, 7) is 8.01. The van der Waals surface area contributed by atoms with E-state index in [1.54, 1.807) is 51.1 Å². The summed E-state index contributed by atoms with van der Waals surface area (Å²) < 4.78 is 12.3. The Bertz CT molecular complexity index is 2460. The number of likely N-dealkylation sites (N-methyl/N-ethyl adjacent to an activating group) is 1. The number of nitrogens with zero attached hydrogens (tertiary/aromatic N) is 5. The van der Waals surface area contributed by atoms with Gasteiger partial charge in [0.15, 0.2) is 23.2 Å². The topological polar surface area (TPSA) is 250 Å². The monoisotopic (exact) mass is 913 g/mol. The van der Waals surface area contributed by atoms with Crippen molar-refractivity contribution in [2.24, 2.45) is 29.0 Å². The Morgan fingerprint density at radius 1 is 0.881 bits per heavy atom. The van der Waals surface area contributed by atoms with Crippen LogP contribution in [-0.2, 0) is 25.6 Å². The van der Waals surface area contributed by atoms with Gasteiger partial charge in [0.25, 0.3) is 0 Å². The molecular weight excluding hydrogens is 851 g/mol. The molecule has 6 rings (SSSR count). The second kappa shape index (κ2) is 23.3. The highest BCUT2D eigenvalue weighted by Gasteiger charge is 2.36. The summed E-state index contributed by atoms with van der Waals surface area (Å²) in [7, 11) is 1.51. The van der Waals surface area contributed by atoms with Crippen LogP contribution in [0.5, 0.6) is 11.5 Å². The normalized spacial score (nSPS) is 17.8. The van der Waals surface area contributed by atoms with Crippen molar-refractivity contribution in [1.82, 2.24) is 20.2 Å². The van der Waals surface area contributed by atoms with E-state index in [4.69, 9.17) is 36.6 Å². The molecular formula is C51H63N9O7. The second-order valence-corrected chi connectivity index (χ2v) is 17.4. The standard InChI is InChI=1S/C51H63N9O7/c1-31-26-44(63)48(59(4)51(65)37(17-19-53)30-43(62)47-32(2)56-49(57-33(47)3)35-10-13-38(14-11-35)60-22-5-6-23-60)36-12-16-46(67-25-21-55)40(29-36)39-27-34(9-15-45(39)66-24-20-54)28-41(58-50(31)64)42(61)8-7-18-52/h9-16,27,29,31,37,41,48H,5-8,17,19-26,28,30,53-55H2,1-4H3,(H,58,64)/t31-,37-,41+,48+/m1/s1. The zero-order valence-electron chi connectivity index (χ0n) is 39.0. The van der Waals surface area contributed by atoms with E-state index in [-0.39, 0.29) is 82.9 Å². The van der Waals surface area contributed by atoms with E-state index >= 15 is 0 Å². The van der Waals surface area contributed by atoms with Crippen molar-refractivity contribution in [3.8, 4) is 40.1 Å². The molecule has 0 spiro atoms. The molecule has 4 aromatic rings. The number of Topliss-reactive ketones (excluding diaryl/α,β-unsaturated/α-hetero) is 3. The number of aryl methyl sites for hydroxylation is 2. The van der Waals surface area contributed by atoms with Crippen LogP contribution in [0.15, 0.2) is 60.7 Å². The fraction of sp³-hybridized carbons (Fsp3) is 0.451. The smallest absolute Gasteiger partial charge is 0.226 e. The van der Waals surface area contributed by atoms with E-state index in [2.05, 4.69) is 22.3 Å². The fourth-order valence-corrected chi connectivity index (χ4v) is 9.01. The summed E-state index contributed by atoms with van der Waals surface area (Å²) >= 11 is 0. The number of hydrogen-bond donors (Lipinski definition) is 4. The van der Waals surface area contributed by atoms with E-state index < -0.39 is 41.5 Å². The number of carbonyl (C=O) groups excluding carboxylic acids is 5. The van der Waals surface area contributed by atoms with Gasteiger partial charge in [0, 0.05) is 93.1 Å². The van der Waals surface area contributed by atoms with Gasteiger partial charge in [0.05, 0.1) is 29.1 Å². The lowest BCUT2D eigenvalue weighted by Crippen LogP contribution is -2.46. The van der Waals surface area contributed by atoms with E-state index in [0.717, 1.165) is 24.3 Å². The molecule has 7 N–H and O–H groups in total. The number of carbonyl (C=O) groups is 5. The Hall–Kier alpha value is -6.54. The Morgan fingerprint density at radius 3 is 2.12 bits per heavy atom. The highest BCUT2D eigenvalue weighted by Crippen LogP contribution is 2.41. The molecule has 1 fully saturated rings. The average molecular weight is 914 g/mol. The summed E-state index contributed by atoms with van der Waals surface area (Å²) in [5, 5.41) is 12.1. The van der Waals surface area contributed by atoms with Crippen molar-refractivity contribution in [3.63, 3.8) is 0 Å². The van der Waals surface area contributed by atoms with Crippen molar-refractivity contribution in [2.45, 2.75) is 84.2 Å². The number of benzene rings is 3. The van der Waals surface area contributed by atoms with Gasteiger partial charge in [-0.15, -0.1) is 0 Å². The summed E-state index contributed by atoms with van der Waals surface area (Å²) in [5.41, 5.74) is 23.2. The Kier molecular flexibility index (Phi) is 17.3. The number of nitriles is 1. The molecule has 0 radical (unpaired) electrons. The maximum absolute atomic E-state index is 14.8. The minimum absolute atomic E-state index is 0.0307. The van der Waals surface area contributed by atoms with Crippen molar-refractivity contribution >= 4 is 34.9 Å². The molecule has 354 valence electrons. The minimum Gasteiger partial charge on any atom is -0.492 e. The third-order valence-corrected chi connectivity index (χ3v) is 12.5. The van der Waals surface area contributed by atoms with Crippen LogP contribution in [0.1, 0.15) is 90.8 Å². The Balaban J connectivity index is 1.37. The molecule has 0 aliphatic carbocycles. The molecule has 2 aliphatic rings. The Morgan fingerprint density at radius 2 is 1.51 bits per heavy atom. The third kappa shape index (κ3) is 12.1.